The van der Waals surface area contributed by atoms with E-state index in [0.29, 0.717) is 6.04 Å². The van der Waals surface area contributed by atoms with Gasteiger partial charge in [-0.3, -0.25) is 4.98 Å². The van der Waals surface area contributed by atoms with E-state index in [1.165, 1.54) is 24.1 Å². The van der Waals surface area contributed by atoms with Crippen molar-refractivity contribution in [3.05, 3.63) is 29.6 Å². The Bertz CT molecular complexity index is 390. The highest BCUT2D eigenvalue weighted by Crippen LogP contribution is 2.28. The van der Waals surface area contributed by atoms with E-state index < -0.39 is 0 Å². The van der Waals surface area contributed by atoms with E-state index in [2.05, 4.69) is 30.2 Å². The van der Waals surface area contributed by atoms with Crippen LogP contribution in [0.1, 0.15) is 50.9 Å². The van der Waals surface area contributed by atoms with Crippen molar-refractivity contribution in [2.45, 2.75) is 51.7 Å². The van der Waals surface area contributed by atoms with Crippen molar-refractivity contribution in [1.82, 2.24) is 10.3 Å². The molecule has 2 rings (SSSR count). The van der Waals surface area contributed by atoms with Gasteiger partial charge >= 0.3 is 0 Å². The number of ether oxygens (including phenoxy) is 1. The maximum absolute atomic E-state index is 5.73. The number of hydrogen-bond donors (Lipinski definition) is 1. The van der Waals surface area contributed by atoms with Gasteiger partial charge in [-0.15, -0.1) is 0 Å². The maximum atomic E-state index is 5.73. The number of rotatable bonds is 5. The zero-order valence-corrected chi connectivity index (χ0v) is 11.7. The number of fused-ring (bicyclic) bond motifs is 1. The molecule has 1 N–H and O–H groups in total. The number of aromatic nitrogens is 1. The van der Waals surface area contributed by atoms with Gasteiger partial charge in [0.2, 0.25) is 0 Å². The minimum atomic E-state index is -0.110. The predicted octanol–water partition coefficient (Wildman–Crippen LogP) is 2.86. The molecule has 0 bridgehead atoms. The molecule has 0 radical (unpaired) electrons. The van der Waals surface area contributed by atoms with Gasteiger partial charge in [0.25, 0.3) is 0 Å². The van der Waals surface area contributed by atoms with Crippen molar-refractivity contribution < 1.29 is 4.74 Å². The van der Waals surface area contributed by atoms with Gasteiger partial charge in [-0.05, 0) is 51.7 Å². The number of nitrogens with zero attached hydrogens (tertiary/aromatic N) is 1. The summed E-state index contributed by atoms with van der Waals surface area (Å²) in [7, 11) is 0. The second-order valence-electron chi connectivity index (χ2n) is 5.57. The summed E-state index contributed by atoms with van der Waals surface area (Å²) in [5.41, 5.74) is 2.52. The van der Waals surface area contributed by atoms with Crippen LogP contribution in [0.5, 0.6) is 0 Å². The first-order valence-electron chi connectivity index (χ1n) is 6.93. The third kappa shape index (κ3) is 3.30. The lowest BCUT2D eigenvalue weighted by Gasteiger charge is -2.30. The van der Waals surface area contributed by atoms with Crippen molar-refractivity contribution in [2.24, 2.45) is 0 Å². The Labute approximate surface area is 110 Å². The Kier molecular flexibility index (Phi) is 4.36. The van der Waals surface area contributed by atoms with Gasteiger partial charge in [-0.1, -0.05) is 6.07 Å². The number of hydrogen-bond acceptors (Lipinski definition) is 3. The van der Waals surface area contributed by atoms with E-state index in [1.807, 2.05) is 19.2 Å². The zero-order valence-electron chi connectivity index (χ0n) is 11.7. The SMILES string of the molecule is CCOC(C)(C)CNC1CCCc2cccnc21. The molecule has 0 aromatic carbocycles. The van der Waals surface area contributed by atoms with Gasteiger partial charge in [0.1, 0.15) is 0 Å². The minimum Gasteiger partial charge on any atom is -0.375 e. The van der Waals surface area contributed by atoms with E-state index in [1.54, 1.807) is 0 Å². The molecule has 1 atom stereocenters. The molecule has 0 saturated carbocycles. The molecule has 1 aliphatic carbocycles. The lowest BCUT2D eigenvalue weighted by atomic mass is 9.91. The summed E-state index contributed by atoms with van der Waals surface area (Å²) in [6.45, 7) is 7.92. The van der Waals surface area contributed by atoms with Crippen molar-refractivity contribution >= 4 is 0 Å². The highest BCUT2D eigenvalue weighted by molar-refractivity contribution is 5.25. The maximum Gasteiger partial charge on any atom is 0.0750 e. The van der Waals surface area contributed by atoms with Crippen LogP contribution in [0.2, 0.25) is 0 Å². The molecule has 0 saturated heterocycles. The summed E-state index contributed by atoms with van der Waals surface area (Å²) in [6.07, 6.45) is 5.47. The lowest BCUT2D eigenvalue weighted by Crippen LogP contribution is -2.40. The first kappa shape index (κ1) is 13.5. The van der Waals surface area contributed by atoms with Crippen molar-refractivity contribution in [3.8, 4) is 0 Å². The fraction of sp³-hybridized carbons (Fsp3) is 0.667. The monoisotopic (exact) mass is 248 g/mol. The number of pyridine rings is 1. The van der Waals surface area contributed by atoms with Gasteiger partial charge in [0.15, 0.2) is 0 Å². The lowest BCUT2D eigenvalue weighted by molar-refractivity contribution is -0.0110. The molecule has 1 aromatic rings. The standard InChI is InChI=1S/C15H24N2O/c1-4-18-15(2,3)11-17-13-9-5-7-12-8-6-10-16-14(12)13/h6,8,10,13,17H,4-5,7,9,11H2,1-3H3. The molecule has 0 spiro atoms. The van der Waals surface area contributed by atoms with E-state index in [-0.39, 0.29) is 5.60 Å². The van der Waals surface area contributed by atoms with E-state index in [9.17, 15) is 0 Å². The Balaban J connectivity index is 1.99. The van der Waals surface area contributed by atoms with Crippen LogP contribution in [0.25, 0.3) is 0 Å². The molecule has 0 fully saturated rings. The van der Waals surface area contributed by atoms with E-state index in [0.717, 1.165) is 19.6 Å². The van der Waals surface area contributed by atoms with Crippen LogP contribution in [0.15, 0.2) is 18.3 Å². The van der Waals surface area contributed by atoms with Gasteiger partial charge in [0, 0.05) is 25.4 Å². The van der Waals surface area contributed by atoms with Crippen molar-refractivity contribution in [3.63, 3.8) is 0 Å². The van der Waals surface area contributed by atoms with Crippen LogP contribution in [0, 0.1) is 0 Å². The van der Waals surface area contributed by atoms with Crippen LogP contribution >= 0.6 is 0 Å². The highest BCUT2D eigenvalue weighted by Gasteiger charge is 2.24. The summed E-state index contributed by atoms with van der Waals surface area (Å²) < 4.78 is 5.73. The molecule has 0 amide bonds. The Morgan fingerprint density at radius 3 is 3.11 bits per heavy atom. The second kappa shape index (κ2) is 5.81. The largest absolute Gasteiger partial charge is 0.375 e. The Hall–Kier alpha value is -0.930. The normalized spacial score (nSPS) is 19.6. The average Bonchev–Trinajstić information content (AvgIpc) is 2.36. The summed E-state index contributed by atoms with van der Waals surface area (Å²) in [5, 5.41) is 3.62. The van der Waals surface area contributed by atoms with Crippen LogP contribution in [-0.4, -0.2) is 23.7 Å². The number of nitrogens with one attached hydrogen (secondary N) is 1. The predicted molar refractivity (Wildman–Crippen MR) is 73.6 cm³/mol. The highest BCUT2D eigenvalue weighted by atomic mass is 16.5. The van der Waals surface area contributed by atoms with E-state index >= 15 is 0 Å². The van der Waals surface area contributed by atoms with Gasteiger partial charge in [-0.2, -0.15) is 0 Å². The Morgan fingerprint density at radius 2 is 2.33 bits per heavy atom. The summed E-state index contributed by atoms with van der Waals surface area (Å²) in [5.74, 6) is 0. The van der Waals surface area contributed by atoms with Crippen molar-refractivity contribution in [2.75, 3.05) is 13.2 Å². The topological polar surface area (TPSA) is 34.1 Å². The molecular formula is C15H24N2O. The molecule has 0 aliphatic heterocycles. The Morgan fingerprint density at radius 1 is 1.50 bits per heavy atom. The first-order valence-corrected chi connectivity index (χ1v) is 6.93. The molecular weight excluding hydrogens is 224 g/mol. The minimum absolute atomic E-state index is 0.110. The molecule has 1 heterocycles. The second-order valence-corrected chi connectivity index (χ2v) is 5.57. The van der Waals surface area contributed by atoms with Crippen LogP contribution < -0.4 is 5.32 Å². The molecule has 1 aliphatic rings. The van der Waals surface area contributed by atoms with Crippen LogP contribution in [0.3, 0.4) is 0 Å². The van der Waals surface area contributed by atoms with Crippen LogP contribution in [-0.2, 0) is 11.2 Å². The van der Waals surface area contributed by atoms with Gasteiger partial charge in [-0.25, -0.2) is 0 Å². The fourth-order valence-corrected chi connectivity index (χ4v) is 2.62. The first-order chi connectivity index (χ1) is 8.62. The molecule has 3 nitrogen and oxygen atoms in total. The molecule has 1 unspecified atom stereocenters. The molecule has 1 aromatic heterocycles. The fourth-order valence-electron chi connectivity index (χ4n) is 2.62. The van der Waals surface area contributed by atoms with Gasteiger partial charge in [0.05, 0.1) is 11.3 Å². The quantitative estimate of drug-likeness (QED) is 0.870. The number of aryl methyl sites for hydroxylation is 1. The summed E-state index contributed by atoms with van der Waals surface area (Å²) in [4.78, 5) is 4.54. The average molecular weight is 248 g/mol. The summed E-state index contributed by atoms with van der Waals surface area (Å²) in [6, 6.07) is 4.62. The third-order valence-electron chi connectivity index (χ3n) is 3.50. The van der Waals surface area contributed by atoms with E-state index in [4.69, 9.17) is 4.74 Å². The van der Waals surface area contributed by atoms with Crippen molar-refractivity contribution in [1.29, 1.82) is 0 Å². The van der Waals surface area contributed by atoms with Crippen LogP contribution in [0.4, 0.5) is 0 Å². The molecule has 3 heteroatoms. The smallest absolute Gasteiger partial charge is 0.0750 e. The molecule has 100 valence electrons. The van der Waals surface area contributed by atoms with Gasteiger partial charge < -0.3 is 10.1 Å². The summed E-state index contributed by atoms with van der Waals surface area (Å²) >= 11 is 0. The zero-order chi connectivity index (χ0) is 13.0. The molecule has 18 heavy (non-hydrogen) atoms. The third-order valence-corrected chi connectivity index (χ3v) is 3.50.